The van der Waals surface area contributed by atoms with Crippen molar-refractivity contribution in [2.24, 2.45) is 4.99 Å². The van der Waals surface area contributed by atoms with Crippen molar-refractivity contribution in [3.05, 3.63) is 93.2 Å². The van der Waals surface area contributed by atoms with Crippen molar-refractivity contribution in [1.82, 2.24) is 4.57 Å². The quantitative estimate of drug-likeness (QED) is 0.466. The lowest BCUT2D eigenvalue weighted by molar-refractivity contribution is 0.174. The molecule has 1 aromatic heterocycles. The molecule has 0 radical (unpaired) electrons. The van der Waals surface area contributed by atoms with Gasteiger partial charge in [-0.15, -0.1) is 0 Å². The number of hydrogen-bond donors (Lipinski definition) is 1. The van der Waals surface area contributed by atoms with E-state index < -0.39 is 0 Å². The number of benzene rings is 3. The van der Waals surface area contributed by atoms with Crippen LogP contribution in [0.4, 0.5) is 5.69 Å². The smallest absolute Gasteiger partial charge is 0.261 e. The third-order valence-corrected chi connectivity index (χ3v) is 5.39. The third kappa shape index (κ3) is 3.62. The predicted octanol–water partition coefficient (Wildman–Crippen LogP) is 4.89. The third-order valence-electron chi connectivity index (χ3n) is 5.14. The summed E-state index contributed by atoms with van der Waals surface area (Å²) >= 11 is 5.94. The highest BCUT2D eigenvalue weighted by atomic mass is 35.5. The van der Waals surface area contributed by atoms with Crippen molar-refractivity contribution in [1.29, 1.82) is 0 Å². The maximum absolute atomic E-state index is 13.1. The summed E-state index contributed by atoms with van der Waals surface area (Å²) in [5, 5.41) is 12.8. The van der Waals surface area contributed by atoms with Gasteiger partial charge in [-0.1, -0.05) is 35.9 Å². The van der Waals surface area contributed by atoms with Gasteiger partial charge in [-0.05, 0) is 48.0 Å². The van der Waals surface area contributed by atoms with Crippen LogP contribution in [0.2, 0.25) is 5.02 Å². The number of ether oxygens (including phenoxy) is 2. The van der Waals surface area contributed by atoms with Crippen LogP contribution in [0.5, 0.6) is 17.4 Å². The van der Waals surface area contributed by atoms with Gasteiger partial charge in [0, 0.05) is 22.0 Å². The molecule has 0 spiro atoms. The highest BCUT2D eigenvalue weighted by Gasteiger charge is 2.17. The Morgan fingerprint density at radius 1 is 1.00 bits per heavy atom. The SMILES string of the molecule is O=c1c2ccccc2c(C=Nc2ccc(Cl)cc2)c(O)n1Cc1ccc2c(c1)OCO2. The van der Waals surface area contributed by atoms with Gasteiger partial charge < -0.3 is 14.6 Å². The zero-order chi connectivity index (χ0) is 21.4. The van der Waals surface area contributed by atoms with Gasteiger partial charge in [-0.2, -0.15) is 0 Å². The molecule has 6 nitrogen and oxygen atoms in total. The second-order valence-corrected chi connectivity index (χ2v) is 7.53. The number of aromatic hydroxyl groups is 1. The number of aliphatic imine (C=N–C) groups is 1. The molecule has 3 aromatic carbocycles. The van der Waals surface area contributed by atoms with Gasteiger partial charge in [0.15, 0.2) is 11.5 Å². The average molecular weight is 433 g/mol. The largest absolute Gasteiger partial charge is 0.494 e. The first kappa shape index (κ1) is 19.2. The Morgan fingerprint density at radius 2 is 1.74 bits per heavy atom. The van der Waals surface area contributed by atoms with E-state index in [1.807, 2.05) is 18.2 Å². The number of rotatable bonds is 4. The minimum absolute atomic E-state index is 0.154. The van der Waals surface area contributed by atoms with E-state index in [4.69, 9.17) is 21.1 Å². The summed E-state index contributed by atoms with van der Waals surface area (Å²) in [5.74, 6) is 1.13. The molecule has 0 unspecified atom stereocenters. The molecule has 0 saturated heterocycles. The van der Waals surface area contributed by atoms with Crippen LogP contribution in [0.1, 0.15) is 11.1 Å². The average Bonchev–Trinajstić information content (AvgIpc) is 3.26. The lowest BCUT2D eigenvalue weighted by atomic mass is 10.1. The second-order valence-electron chi connectivity index (χ2n) is 7.10. The minimum atomic E-state index is -0.283. The number of halogens is 1. The Balaban J connectivity index is 1.61. The molecule has 0 saturated carbocycles. The highest BCUT2D eigenvalue weighted by molar-refractivity contribution is 6.30. The van der Waals surface area contributed by atoms with Crippen LogP contribution in [0.3, 0.4) is 0 Å². The fourth-order valence-electron chi connectivity index (χ4n) is 3.57. The molecule has 7 heteroatoms. The summed E-state index contributed by atoms with van der Waals surface area (Å²) in [6, 6.07) is 19.7. The zero-order valence-electron chi connectivity index (χ0n) is 16.3. The maximum atomic E-state index is 13.1. The summed E-state index contributed by atoms with van der Waals surface area (Å²) in [5.41, 5.74) is 1.67. The molecule has 0 amide bonds. The lowest BCUT2D eigenvalue weighted by Gasteiger charge is -2.14. The number of hydrogen-bond acceptors (Lipinski definition) is 5. The molecule has 0 fully saturated rings. The molecule has 5 rings (SSSR count). The van der Waals surface area contributed by atoms with Crippen LogP contribution >= 0.6 is 11.6 Å². The predicted molar refractivity (Wildman–Crippen MR) is 120 cm³/mol. The van der Waals surface area contributed by atoms with Gasteiger partial charge in [0.25, 0.3) is 5.56 Å². The van der Waals surface area contributed by atoms with Gasteiger partial charge in [0.2, 0.25) is 12.7 Å². The van der Waals surface area contributed by atoms with Crippen molar-refractivity contribution in [3.8, 4) is 17.4 Å². The van der Waals surface area contributed by atoms with E-state index in [9.17, 15) is 9.90 Å². The van der Waals surface area contributed by atoms with Gasteiger partial charge in [0.05, 0.1) is 17.8 Å². The Morgan fingerprint density at radius 3 is 2.55 bits per heavy atom. The summed E-state index contributed by atoms with van der Waals surface area (Å²) < 4.78 is 12.1. The van der Waals surface area contributed by atoms with Crippen LogP contribution in [0.25, 0.3) is 10.8 Å². The zero-order valence-corrected chi connectivity index (χ0v) is 17.0. The van der Waals surface area contributed by atoms with Gasteiger partial charge >= 0.3 is 0 Å². The van der Waals surface area contributed by atoms with E-state index in [1.165, 1.54) is 4.57 Å². The van der Waals surface area contributed by atoms with Crippen LogP contribution in [-0.4, -0.2) is 22.7 Å². The maximum Gasteiger partial charge on any atom is 0.261 e. The van der Waals surface area contributed by atoms with Crippen molar-refractivity contribution >= 4 is 34.3 Å². The van der Waals surface area contributed by atoms with Crippen LogP contribution in [0.15, 0.2) is 76.5 Å². The summed E-state index contributed by atoms with van der Waals surface area (Å²) in [6.07, 6.45) is 1.57. The summed E-state index contributed by atoms with van der Waals surface area (Å²) in [4.78, 5) is 17.6. The van der Waals surface area contributed by atoms with E-state index >= 15 is 0 Å². The molecule has 2 heterocycles. The van der Waals surface area contributed by atoms with E-state index in [0.29, 0.717) is 38.5 Å². The first-order chi connectivity index (χ1) is 15.1. The van der Waals surface area contributed by atoms with Crippen molar-refractivity contribution in [2.75, 3.05) is 6.79 Å². The summed E-state index contributed by atoms with van der Waals surface area (Å²) in [6.45, 7) is 0.346. The Hall–Kier alpha value is -3.77. The standard InChI is InChI=1S/C24H17ClN2O4/c25-16-6-8-17(9-7-16)26-12-20-18-3-1-2-4-19(18)23(28)27(24(20)29)13-15-5-10-21-22(11-15)31-14-30-21/h1-12,29H,13-14H2. The van der Waals surface area contributed by atoms with Crippen LogP contribution in [0, 0.1) is 0 Å². The first-order valence-electron chi connectivity index (χ1n) is 9.63. The molecule has 154 valence electrons. The Labute approximate surface area is 182 Å². The Bertz CT molecular complexity index is 1380. The molecule has 0 atom stereocenters. The second kappa shape index (κ2) is 7.81. The van der Waals surface area contributed by atoms with Crippen molar-refractivity contribution < 1.29 is 14.6 Å². The first-order valence-corrected chi connectivity index (χ1v) is 10.0. The monoisotopic (exact) mass is 432 g/mol. The molecule has 0 aliphatic carbocycles. The fraction of sp³-hybridized carbons (Fsp3) is 0.0833. The van der Waals surface area contributed by atoms with Gasteiger partial charge in [0.1, 0.15) is 0 Å². The normalized spacial score (nSPS) is 12.7. The molecule has 1 N–H and O–H groups in total. The number of fused-ring (bicyclic) bond motifs is 2. The van der Waals surface area contributed by atoms with E-state index in [1.54, 1.807) is 54.7 Å². The van der Waals surface area contributed by atoms with Crippen molar-refractivity contribution in [2.45, 2.75) is 6.54 Å². The van der Waals surface area contributed by atoms with Crippen LogP contribution in [-0.2, 0) is 6.54 Å². The molecule has 1 aliphatic heterocycles. The lowest BCUT2D eigenvalue weighted by Crippen LogP contribution is -2.22. The molecule has 1 aliphatic rings. The molecular formula is C24H17ClN2O4. The van der Waals surface area contributed by atoms with E-state index in [0.717, 1.165) is 5.56 Å². The minimum Gasteiger partial charge on any atom is -0.494 e. The van der Waals surface area contributed by atoms with Crippen LogP contribution < -0.4 is 15.0 Å². The topological polar surface area (TPSA) is 73.0 Å². The molecule has 0 bridgehead atoms. The molecule has 4 aromatic rings. The fourth-order valence-corrected chi connectivity index (χ4v) is 3.70. The Kier molecular flexibility index (Phi) is 4.84. The van der Waals surface area contributed by atoms with E-state index in [-0.39, 0.29) is 24.8 Å². The highest BCUT2D eigenvalue weighted by Crippen LogP contribution is 2.33. The molecule has 31 heavy (non-hydrogen) atoms. The summed E-state index contributed by atoms with van der Waals surface area (Å²) in [7, 11) is 0. The van der Waals surface area contributed by atoms with Gasteiger partial charge in [-0.25, -0.2) is 0 Å². The molecular weight excluding hydrogens is 416 g/mol. The number of aromatic nitrogens is 1. The van der Waals surface area contributed by atoms with Crippen molar-refractivity contribution in [3.63, 3.8) is 0 Å². The number of nitrogens with zero attached hydrogens (tertiary/aromatic N) is 2. The number of pyridine rings is 1. The van der Waals surface area contributed by atoms with E-state index in [2.05, 4.69) is 4.99 Å². The van der Waals surface area contributed by atoms with Gasteiger partial charge in [-0.3, -0.25) is 14.4 Å².